The van der Waals surface area contributed by atoms with Gasteiger partial charge in [0.2, 0.25) is 0 Å². The number of hydrazone groups is 1. The highest BCUT2D eigenvalue weighted by molar-refractivity contribution is 5.95. The molecule has 29 heavy (non-hydrogen) atoms. The SMILES string of the molecule is CCOc1ccc(C(=O)N/N=C/c2ccc(-c3cccc(C(=O)OC)c3)o2)cc1. The Labute approximate surface area is 167 Å². The molecule has 148 valence electrons. The third-order valence-corrected chi connectivity index (χ3v) is 3.98. The molecule has 0 atom stereocenters. The quantitative estimate of drug-likeness (QED) is 0.374. The fraction of sp³-hybridized carbons (Fsp3) is 0.136. The summed E-state index contributed by atoms with van der Waals surface area (Å²) in [5.41, 5.74) is 4.07. The molecule has 1 aromatic heterocycles. The minimum Gasteiger partial charge on any atom is -0.494 e. The van der Waals surface area contributed by atoms with Gasteiger partial charge in [-0.15, -0.1) is 0 Å². The molecule has 0 spiro atoms. The van der Waals surface area contributed by atoms with Gasteiger partial charge in [-0.05, 0) is 55.5 Å². The van der Waals surface area contributed by atoms with Gasteiger partial charge in [0.1, 0.15) is 17.3 Å². The minimum absolute atomic E-state index is 0.346. The van der Waals surface area contributed by atoms with Crippen LogP contribution >= 0.6 is 0 Å². The van der Waals surface area contributed by atoms with Crippen LogP contribution in [0.1, 0.15) is 33.4 Å². The molecule has 0 radical (unpaired) electrons. The van der Waals surface area contributed by atoms with E-state index in [0.29, 0.717) is 35.0 Å². The number of carbonyl (C=O) groups excluding carboxylic acids is 2. The van der Waals surface area contributed by atoms with E-state index in [0.717, 1.165) is 5.56 Å². The molecule has 0 unspecified atom stereocenters. The molecule has 0 saturated carbocycles. The summed E-state index contributed by atoms with van der Waals surface area (Å²) in [5, 5.41) is 3.92. The highest BCUT2D eigenvalue weighted by Crippen LogP contribution is 2.23. The molecule has 0 aliphatic carbocycles. The molecule has 1 N–H and O–H groups in total. The molecule has 1 amide bonds. The smallest absolute Gasteiger partial charge is 0.337 e. The number of ether oxygens (including phenoxy) is 2. The summed E-state index contributed by atoms with van der Waals surface area (Å²) in [5.74, 6) is 0.955. The first kappa shape index (κ1) is 19.9. The second kappa shape index (κ2) is 9.36. The summed E-state index contributed by atoms with van der Waals surface area (Å²) < 4.78 is 15.8. The predicted molar refractivity (Wildman–Crippen MR) is 108 cm³/mol. The van der Waals surface area contributed by atoms with E-state index in [9.17, 15) is 9.59 Å². The van der Waals surface area contributed by atoms with Crippen molar-refractivity contribution in [1.82, 2.24) is 5.43 Å². The van der Waals surface area contributed by atoms with E-state index in [1.165, 1.54) is 13.3 Å². The summed E-state index contributed by atoms with van der Waals surface area (Å²) in [6.07, 6.45) is 1.40. The zero-order chi connectivity index (χ0) is 20.6. The highest BCUT2D eigenvalue weighted by atomic mass is 16.5. The molecule has 0 aliphatic rings. The number of hydrogen-bond donors (Lipinski definition) is 1. The number of esters is 1. The largest absolute Gasteiger partial charge is 0.494 e. The Morgan fingerprint density at radius 1 is 1.07 bits per heavy atom. The first-order valence-electron chi connectivity index (χ1n) is 8.95. The van der Waals surface area contributed by atoms with E-state index in [4.69, 9.17) is 13.9 Å². The summed E-state index contributed by atoms with van der Waals surface area (Å²) in [6.45, 7) is 2.46. The van der Waals surface area contributed by atoms with Gasteiger partial charge in [-0.1, -0.05) is 12.1 Å². The van der Waals surface area contributed by atoms with Crippen LogP contribution in [-0.4, -0.2) is 31.8 Å². The summed E-state index contributed by atoms with van der Waals surface area (Å²) in [7, 11) is 1.33. The van der Waals surface area contributed by atoms with Crippen LogP contribution in [0.15, 0.2) is 70.2 Å². The van der Waals surface area contributed by atoms with Gasteiger partial charge in [0.25, 0.3) is 5.91 Å². The maximum absolute atomic E-state index is 12.1. The minimum atomic E-state index is -0.419. The number of benzene rings is 2. The number of carbonyl (C=O) groups is 2. The normalized spacial score (nSPS) is 10.7. The summed E-state index contributed by atoms with van der Waals surface area (Å²) in [6, 6.07) is 17.2. The Morgan fingerprint density at radius 3 is 2.59 bits per heavy atom. The van der Waals surface area contributed by atoms with E-state index >= 15 is 0 Å². The van der Waals surface area contributed by atoms with Crippen LogP contribution in [-0.2, 0) is 4.74 Å². The van der Waals surface area contributed by atoms with Crippen molar-refractivity contribution < 1.29 is 23.5 Å². The summed E-state index contributed by atoms with van der Waals surface area (Å²) >= 11 is 0. The van der Waals surface area contributed by atoms with Gasteiger partial charge >= 0.3 is 5.97 Å². The Hall–Kier alpha value is -3.87. The zero-order valence-corrected chi connectivity index (χ0v) is 16.0. The van der Waals surface area contributed by atoms with Crippen LogP contribution in [0.3, 0.4) is 0 Å². The van der Waals surface area contributed by atoms with E-state index in [2.05, 4.69) is 10.5 Å². The fourth-order valence-corrected chi connectivity index (χ4v) is 2.58. The van der Waals surface area contributed by atoms with Crippen LogP contribution in [0.4, 0.5) is 0 Å². The molecule has 7 heteroatoms. The van der Waals surface area contributed by atoms with Crippen molar-refractivity contribution in [2.75, 3.05) is 13.7 Å². The third-order valence-electron chi connectivity index (χ3n) is 3.98. The standard InChI is InChI=1S/C22H20N2O5/c1-3-28-18-9-7-15(8-10-18)21(25)24-23-14-19-11-12-20(29-19)16-5-4-6-17(13-16)22(26)27-2/h4-14H,3H2,1-2H3,(H,24,25)/b23-14+. The van der Waals surface area contributed by atoms with Crippen LogP contribution in [0.2, 0.25) is 0 Å². The van der Waals surface area contributed by atoms with Gasteiger partial charge in [0, 0.05) is 11.1 Å². The lowest BCUT2D eigenvalue weighted by Crippen LogP contribution is -2.17. The monoisotopic (exact) mass is 392 g/mol. The van der Waals surface area contributed by atoms with E-state index in [1.54, 1.807) is 54.6 Å². The average molecular weight is 392 g/mol. The predicted octanol–water partition coefficient (Wildman–Crippen LogP) is 3.90. The maximum atomic E-state index is 12.1. The molecule has 2 aromatic carbocycles. The maximum Gasteiger partial charge on any atom is 0.337 e. The Balaban J connectivity index is 1.63. The van der Waals surface area contributed by atoms with Crippen molar-refractivity contribution in [3.8, 4) is 17.1 Å². The van der Waals surface area contributed by atoms with Gasteiger partial charge in [-0.25, -0.2) is 10.2 Å². The number of methoxy groups -OCH3 is 1. The Kier molecular flexibility index (Phi) is 6.42. The van der Waals surface area contributed by atoms with Gasteiger partial charge in [0.05, 0.1) is 25.5 Å². The number of nitrogens with zero attached hydrogens (tertiary/aromatic N) is 1. The average Bonchev–Trinajstić information content (AvgIpc) is 3.23. The van der Waals surface area contributed by atoms with Crippen molar-refractivity contribution in [3.63, 3.8) is 0 Å². The molecule has 0 saturated heterocycles. The molecular formula is C22H20N2O5. The molecule has 3 rings (SSSR count). The van der Waals surface area contributed by atoms with E-state index < -0.39 is 5.97 Å². The fourth-order valence-electron chi connectivity index (χ4n) is 2.58. The van der Waals surface area contributed by atoms with Crippen molar-refractivity contribution >= 4 is 18.1 Å². The topological polar surface area (TPSA) is 90.1 Å². The second-order valence-corrected chi connectivity index (χ2v) is 5.93. The number of rotatable bonds is 7. The van der Waals surface area contributed by atoms with Gasteiger partial charge in [0.15, 0.2) is 0 Å². The first-order chi connectivity index (χ1) is 14.1. The van der Waals surface area contributed by atoms with Crippen LogP contribution < -0.4 is 10.2 Å². The molecule has 0 aliphatic heterocycles. The molecule has 0 bridgehead atoms. The van der Waals surface area contributed by atoms with E-state index in [-0.39, 0.29) is 5.91 Å². The van der Waals surface area contributed by atoms with Crippen LogP contribution in [0.5, 0.6) is 5.75 Å². The van der Waals surface area contributed by atoms with Gasteiger partial charge in [-0.3, -0.25) is 4.79 Å². The van der Waals surface area contributed by atoms with Crippen molar-refractivity contribution in [2.45, 2.75) is 6.92 Å². The molecular weight excluding hydrogens is 372 g/mol. The van der Waals surface area contributed by atoms with Crippen LogP contribution in [0, 0.1) is 0 Å². The number of nitrogens with one attached hydrogen (secondary N) is 1. The van der Waals surface area contributed by atoms with Crippen molar-refractivity contribution in [3.05, 3.63) is 77.6 Å². The lowest BCUT2D eigenvalue weighted by atomic mass is 10.1. The second-order valence-electron chi connectivity index (χ2n) is 5.93. The lowest BCUT2D eigenvalue weighted by Gasteiger charge is -2.03. The molecule has 0 fully saturated rings. The molecule has 3 aromatic rings. The highest BCUT2D eigenvalue weighted by Gasteiger charge is 2.09. The Morgan fingerprint density at radius 2 is 1.86 bits per heavy atom. The van der Waals surface area contributed by atoms with Crippen LogP contribution in [0.25, 0.3) is 11.3 Å². The van der Waals surface area contributed by atoms with Crippen molar-refractivity contribution in [2.24, 2.45) is 5.10 Å². The first-order valence-corrected chi connectivity index (χ1v) is 8.95. The lowest BCUT2D eigenvalue weighted by molar-refractivity contribution is 0.0600. The number of hydrogen-bond acceptors (Lipinski definition) is 6. The van der Waals surface area contributed by atoms with Crippen molar-refractivity contribution in [1.29, 1.82) is 0 Å². The Bertz CT molecular complexity index is 1020. The van der Waals surface area contributed by atoms with Gasteiger partial charge < -0.3 is 13.9 Å². The molecule has 7 nitrogen and oxygen atoms in total. The summed E-state index contributed by atoms with van der Waals surface area (Å²) in [4.78, 5) is 23.8. The molecule has 1 heterocycles. The third kappa shape index (κ3) is 5.10. The zero-order valence-electron chi connectivity index (χ0n) is 16.0. The van der Waals surface area contributed by atoms with Gasteiger partial charge in [-0.2, -0.15) is 5.10 Å². The number of furan rings is 1. The number of amides is 1. The van der Waals surface area contributed by atoms with E-state index in [1.807, 2.05) is 13.0 Å².